The minimum Gasteiger partial charge on any atom is -0.393 e. The molecule has 2 heterocycles. The van der Waals surface area contributed by atoms with Gasteiger partial charge in [-0.15, -0.1) is 0 Å². The Labute approximate surface area is 256 Å². The first kappa shape index (κ1) is 28.1. The first-order valence-electron chi connectivity index (χ1n) is 15.8. The third-order valence-electron chi connectivity index (χ3n) is 11.9. The molecule has 8 rings (SSSR count). The van der Waals surface area contributed by atoms with Crippen LogP contribution in [-0.4, -0.2) is 56.2 Å². The van der Waals surface area contributed by atoms with Gasteiger partial charge in [0.25, 0.3) is 0 Å². The van der Waals surface area contributed by atoms with Crippen LogP contribution in [0.5, 0.6) is 0 Å². The number of aliphatic hydroxyl groups is 2. The quantitative estimate of drug-likeness (QED) is 0.390. The van der Waals surface area contributed by atoms with E-state index in [1.807, 2.05) is 24.3 Å². The summed E-state index contributed by atoms with van der Waals surface area (Å²) in [5.74, 6) is -0.245. The van der Waals surface area contributed by atoms with E-state index in [0.29, 0.717) is 12.8 Å². The Morgan fingerprint density at radius 2 is 1.93 bits per heavy atom. The number of ether oxygens (including phenoxy) is 2. The molecule has 3 N–H and O–H groups in total. The standard InChI is InChI=1S/C36H38N2O6/c1-34-12-11-24(40)15-23(34)8-9-25-26-16-31-36(30(42)18-39,35(26,2)17-29(41)32(25)34)44-33(43-31)22-6-3-20(4-7-22)13-21-5-10-27-28(14-21)38-19-37-27/h3-7,10-12,14-15,19,25-26,29,31-33,39,41H,8-9,13,16-18H2,1-2H3,(H,37,38)/t25-,26-,29-,31+,32+,33+,34-,35-,36+/m0/s1. The van der Waals surface area contributed by atoms with Crippen LogP contribution in [0.1, 0.15) is 62.5 Å². The number of aliphatic hydroxyl groups excluding tert-OH is 2. The lowest BCUT2D eigenvalue weighted by molar-refractivity contribution is -0.201. The summed E-state index contributed by atoms with van der Waals surface area (Å²) in [6.07, 6.45) is 8.46. The maximum Gasteiger partial charge on any atom is 0.193 e. The second-order valence-electron chi connectivity index (χ2n) is 14.0. The van der Waals surface area contributed by atoms with Gasteiger partial charge in [0.15, 0.2) is 23.5 Å². The van der Waals surface area contributed by atoms with Crippen LogP contribution >= 0.6 is 0 Å². The summed E-state index contributed by atoms with van der Waals surface area (Å²) >= 11 is 0. The number of hydrogen-bond donors (Lipinski definition) is 3. The highest BCUT2D eigenvalue weighted by atomic mass is 16.7. The van der Waals surface area contributed by atoms with Crippen LogP contribution < -0.4 is 0 Å². The summed E-state index contributed by atoms with van der Waals surface area (Å²) in [7, 11) is 0. The number of H-pyrrole nitrogens is 1. The second kappa shape index (κ2) is 9.78. The summed E-state index contributed by atoms with van der Waals surface area (Å²) in [5.41, 5.74) is 3.70. The molecule has 0 unspecified atom stereocenters. The van der Waals surface area contributed by atoms with Gasteiger partial charge < -0.3 is 24.7 Å². The lowest BCUT2D eigenvalue weighted by Crippen LogP contribution is -2.63. The fourth-order valence-corrected chi connectivity index (χ4v) is 9.96. The van der Waals surface area contributed by atoms with E-state index in [1.54, 1.807) is 18.5 Å². The molecule has 4 fully saturated rings. The lowest BCUT2D eigenvalue weighted by atomic mass is 9.46. The maximum atomic E-state index is 13.8. The summed E-state index contributed by atoms with van der Waals surface area (Å²) in [5, 5.41) is 22.1. The topological polar surface area (TPSA) is 122 Å². The Balaban J connectivity index is 1.07. The van der Waals surface area contributed by atoms with Crippen molar-refractivity contribution in [3.8, 4) is 0 Å². The molecule has 0 radical (unpaired) electrons. The first-order valence-corrected chi connectivity index (χ1v) is 15.8. The lowest BCUT2D eigenvalue weighted by Gasteiger charge is -2.59. The predicted octanol–water partition coefficient (Wildman–Crippen LogP) is 4.76. The van der Waals surface area contributed by atoms with Crippen molar-refractivity contribution in [2.24, 2.45) is 28.6 Å². The van der Waals surface area contributed by atoms with Gasteiger partial charge >= 0.3 is 0 Å². The van der Waals surface area contributed by atoms with Crippen molar-refractivity contribution in [1.82, 2.24) is 9.97 Å². The number of hydrogen-bond acceptors (Lipinski definition) is 7. The number of aromatic amines is 1. The molecular formula is C36H38N2O6. The molecule has 1 aromatic heterocycles. The number of Topliss-reactive ketones (excluding diaryl/α,β-unsaturated/α-hetero) is 1. The molecule has 8 nitrogen and oxygen atoms in total. The molecule has 0 spiro atoms. The van der Waals surface area contributed by atoms with Gasteiger partial charge in [0.05, 0.1) is 29.6 Å². The van der Waals surface area contributed by atoms with Crippen LogP contribution in [0.4, 0.5) is 0 Å². The molecule has 1 saturated heterocycles. The number of fused-ring (bicyclic) bond motifs is 8. The van der Waals surface area contributed by atoms with E-state index in [0.717, 1.165) is 47.0 Å². The largest absolute Gasteiger partial charge is 0.393 e. The average molecular weight is 595 g/mol. The number of benzene rings is 2. The zero-order valence-corrected chi connectivity index (χ0v) is 25.0. The summed E-state index contributed by atoms with van der Waals surface area (Å²) in [4.78, 5) is 33.4. The fourth-order valence-electron chi connectivity index (χ4n) is 9.96. The van der Waals surface area contributed by atoms with E-state index in [9.17, 15) is 19.8 Å². The Hall–Kier alpha value is -3.43. The molecular weight excluding hydrogens is 556 g/mol. The number of rotatable bonds is 5. The van der Waals surface area contributed by atoms with Crippen molar-refractivity contribution in [1.29, 1.82) is 0 Å². The number of ketones is 2. The van der Waals surface area contributed by atoms with Crippen molar-refractivity contribution in [3.63, 3.8) is 0 Å². The van der Waals surface area contributed by atoms with Gasteiger partial charge in [-0.1, -0.05) is 55.8 Å². The van der Waals surface area contributed by atoms with Gasteiger partial charge in [0.2, 0.25) is 0 Å². The summed E-state index contributed by atoms with van der Waals surface area (Å²) in [6, 6.07) is 14.3. The van der Waals surface area contributed by atoms with E-state index in [1.165, 1.54) is 5.56 Å². The molecule has 4 aliphatic carbocycles. The number of nitrogens with zero attached hydrogens (tertiary/aromatic N) is 1. The van der Waals surface area contributed by atoms with Gasteiger partial charge in [-0.05, 0) is 79.4 Å². The van der Waals surface area contributed by atoms with E-state index < -0.39 is 41.5 Å². The van der Waals surface area contributed by atoms with Crippen LogP contribution in [0.3, 0.4) is 0 Å². The van der Waals surface area contributed by atoms with Gasteiger partial charge in [0.1, 0.15) is 6.61 Å². The van der Waals surface area contributed by atoms with Crippen LogP contribution in [0, 0.1) is 28.6 Å². The molecule has 44 heavy (non-hydrogen) atoms. The number of allylic oxidation sites excluding steroid dienone is 4. The molecule has 3 aromatic rings. The summed E-state index contributed by atoms with van der Waals surface area (Å²) < 4.78 is 13.3. The highest BCUT2D eigenvalue weighted by molar-refractivity contribution is 6.01. The van der Waals surface area contributed by atoms with Gasteiger partial charge in [-0.3, -0.25) is 9.59 Å². The number of nitrogens with one attached hydrogen (secondary N) is 1. The molecule has 0 amide bonds. The van der Waals surface area contributed by atoms with Crippen molar-refractivity contribution in [2.45, 2.75) is 70.1 Å². The van der Waals surface area contributed by atoms with Crippen molar-refractivity contribution in [3.05, 3.63) is 89.3 Å². The third-order valence-corrected chi connectivity index (χ3v) is 11.9. The van der Waals surface area contributed by atoms with Crippen molar-refractivity contribution >= 4 is 22.6 Å². The van der Waals surface area contributed by atoms with E-state index in [4.69, 9.17) is 9.47 Å². The maximum absolute atomic E-state index is 13.8. The predicted molar refractivity (Wildman–Crippen MR) is 162 cm³/mol. The Kier molecular flexibility index (Phi) is 6.24. The molecule has 228 valence electrons. The minimum absolute atomic E-state index is 0.00506. The summed E-state index contributed by atoms with van der Waals surface area (Å²) in [6.45, 7) is 3.55. The van der Waals surface area contributed by atoms with Crippen molar-refractivity contribution < 1.29 is 29.3 Å². The zero-order chi connectivity index (χ0) is 30.4. The minimum atomic E-state index is -1.35. The first-order chi connectivity index (χ1) is 21.2. The van der Waals surface area contributed by atoms with Gasteiger partial charge in [0, 0.05) is 22.3 Å². The molecule has 1 aliphatic heterocycles. The molecule has 5 aliphatic rings. The number of imidazole rings is 1. The Morgan fingerprint density at radius 1 is 1.14 bits per heavy atom. The van der Waals surface area contributed by atoms with Crippen LogP contribution in [0.25, 0.3) is 11.0 Å². The van der Waals surface area contributed by atoms with Crippen LogP contribution in [0.2, 0.25) is 0 Å². The normalized spacial score (nSPS) is 39.0. The number of aromatic nitrogens is 2. The molecule has 8 heteroatoms. The van der Waals surface area contributed by atoms with E-state index in [-0.39, 0.29) is 29.3 Å². The van der Waals surface area contributed by atoms with Crippen LogP contribution in [0.15, 0.2) is 72.6 Å². The highest BCUT2D eigenvalue weighted by Gasteiger charge is 2.75. The molecule has 3 saturated carbocycles. The third kappa shape index (κ3) is 3.81. The Bertz CT molecular complexity index is 1730. The highest BCUT2D eigenvalue weighted by Crippen LogP contribution is 2.70. The average Bonchev–Trinajstić information content (AvgIpc) is 3.70. The number of carbonyl (C=O) groups is 2. The monoisotopic (exact) mass is 594 g/mol. The molecule has 9 atom stereocenters. The SMILES string of the molecule is C[C@]12C=CC(=O)C=C1CC[C@@H]1[C@@H]2[C@@H](O)C[C@@]2(C)[C@H]1C[C@H]1O[C@@H](c3ccc(Cc4ccc5nc[nH]c5c4)cc3)O[C@]12C(=O)CO. The Morgan fingerprint density at radius 3 is 2.73 bits per heavy atom. The van der Waals surface area contributed by atoms with Gasteiger partial charge in [-0.2, -0.15) is 0 Å². The number of carbonyl (C=O) groups excluding carboxylic acids is 2. The molecule has 2 aromatic carbocycles. The van der Waals surface area contributed by atoms with Crippen LogP contribution in [-0.2, 0) is 25.5 Å². The van der Waals surface area contributed by atoms with Gasteiger partial charge in [-0.25, -0.2) is 4.98 Å². The fraction of sp³-hybridized carbons (Fsp3) is 0.472. The van der Waals surface area contributed by atoms with E-state index in [2.05, 4.69) is 48.1 Å². The van der Waals surface area contributed by atoms with E-state index >= 15 is 0 Å². The zero-order valence-electron chi connectivity index (χ0n) is 25.0. The van der Waals surface area contributed by atoms with Crippen molar-refractivity contribution in [2.75, 3.05) is 6.61 Å². The second-order valence-corrected chi connectivity index (χ2v) is 14.0. The smallest absolute Gasteiger partial charge is 0.193 e. The molecule has 0 bridgehead atoms.